The number of rotatable bonds is 6. The van der Waals surface area contributed by atoms with Gasteiger partial charge in [-0.3, -0.25) is 4.90 Å². The maximum absolute atomic E-state index is 6.31. The molecular weight excluding hydrogens is 268 g/mol. The Morgan fingerprint density at radius 3 is 2.65 bits per heavy atom. The Morgan fingerprint density at radius 2 is 2.00 bits per heavy atom. The van der Waals surface area contributed by atoms with Gasteiger partial charge < -0.3 is 5.73 Å². The van der Waals surface area contributed by atoms with Gasteiger partial charge in [-0.15, -0.1) is 0 Å². The molecule has 1 saturated carbocycles. The smallest absolute Gasteiger partial charge is 0.0471 e. The Morgan fingerprint density at radius 1 is 1.25 bits per heavy atom. The Bertz CT molecular complexity index is 413. The molecule has 1 aliphatic carbocycles. The summed E-state index contributed by atoms with van der Waals surface area (Å²) >= 11 is 6.31. The van der Waals surface area contributed by atoms with Crippen molar-refractivity contribution in [2.75, 3.05) is 18.8 Å². The summed E-state index contributed by atoms with van der Waals surface area (Å²) in [5.74, 6) is 0.878. The second kappa shape index (κ2) is 7.90. The minimum atomic E-state index is 0.744. The highest BCUT2D eigenvalue weighted by molar-refractivity contribution is 6.31. The molecule has 2 N–H and O–H groups in total. The molecule has 2 rings (SSSR count). The van der Waals surface area contributed by atoms with Crippen LogP contribution in [0.15, 0.2) is 18.2 Å². The number of halogens is 1. The van der Waals surface area contributed by atoms with Crippen LogP contribution in [-0.4, -0.2) is 18.0 Å². The predicted octanol–water partition coefficient (Wildman–Crippen LogP) is 4.71. The van der Waals surface area contributed by atoms with Crippen LogP contribution in [0.25, 0.3) is 0 Å². The SMILES string of the molecule is CCCN(Cc1ccc(N)cc1Cl)CC1CCCCC1. The third kappa shape index (κ3) is 4.68. The van der Waals surface area contributed by atoms with Crippen LogP contribution in [0.2, 0.25) is 5.02 Å². The summed E-state index contributed by atoms with van der Waals surface area (Å²) in [5, 5.41) is 0.801. The fourth-order valence-electron chi connectivity index (χ4n) is 3.22. The van der Waals surface area contributed by atoms with E-state index in [9.17, 15) is 0 Å². The van der Waals surface area contributed by atoms with Crippen LogP contribution < -0.4 is 5.73 Å². The molecule has 2 nitrogen and oxygen atoms in total. The van der Waals surface area contributed by atoms with E-state index in [1.807, 2.05) is 12.1 Å². The molecule has 0 aromatic heterocycles. The molecule has 0 heterocycles. The summed E-state index contributed by atoms with van der Waals surface area (Å²) in [6.07, 6.45) is 8.24. The minimum absolute atomic E-state index is 0.744. The summed E-state index contributed by atoms with van der Waals surface area (Å²) in [7, 11) is 0. The van der Waals surface area contributed by atoms with Crippen LogP contribution in [0.4, 0.5) is 5.69 Å². The first-order chi connectivity index (χ1) is 9.69. The zero-order chi connectivity index (χ0) is 14.4. The lowest BCUT2D eigenvalue weighted by molar-refractivity contribution is 0.194. The Hall–Kier alpha value is -0.730. The molecule has 3 heteroatoms. The Balaban J connectivity index is 1.96. The zero-order valence-electron chi connectivity index (χ0n) is 12.6. The monoisotopic (exact) mass is 294 g/mol. The van der Waals surface area contributed by atoms with Crippen LogP contribution in [0.3, 0.4) is 0 Å². The molecule has 1 fully saturated rings. The number of nitrogens with zero attached hydrogens (tertiary/aromatic N) is 1. The van der Waals surface area contributed by atoms with Crippen molar-refractivity contribution in [3.8, 4) is 0 Å². The van der Waals surface area contributed by atoms with Gasteiger partial charge in [-0.25, -0.2) is 0 Å². The molecule has 1 aliphatic rings. The van der Waals surface area contributed by atoms with Gasteiger partial charge in [-0.1, -0.05) is 43.9 Å². The Labute approximate surface area is 128 Å². The van der Waals surface area contributed by atoms with Crippen LogP contribution >= 0.6 is 11.6 Å². The first kappa shape index (κ1) is 15.7. The largest absolute Gasteiger partial charge is 0.399 e. The van der Waals surface area contributed by atoms with Crippen molar-refractivity contribution < 1.29 is 0 Å². The van der Waals surface area contributed by atoms with E-state index in [-0.39, 0.29) is 0 Å². The van der Waals surface area contributed by atoms with Crippen LogP contribution in [-0.2, 0) is 6.54 Å². The zero-order valence-corrected chi connectivity index (χ0v) is 13.3. The molecular formula is C17H27ClN2. The van der Waals surface area contributed by atoms with E-state index >= 15 is 0 Å². The fraction of sp³-hybridized carbons (Fsp3) is 0.647. The molecule has 112 valence electrons. The number of nitrogen functional groups attached to an aromatic ring is 1. The van der Waals surface area contributed by atoms with Gasteiger partial charge in [0, 0.05) is 23.8 Å². The molecule has 0 atom stereocenters. The lowest BCUT2D eigenvalue weighted by atomic mass is 9.89. The summed E-state index contributed by atoms with van der Waals surface area (Å²) in [6, 6.07) is 5.88. The van der Waals surface area contributed by atoms with Crippen molar-refractivity contribution in [1.29, 1.82) is 0 Å². The molecule has 0 amide bonds. The second-order valence-corrected chi connectivity index (χ2v) is 6.50. The summed E-state index contributed by atoms with van der Waals surface area (Å²) in [5.41, 5.74) is 7.71. The standard InChI is InChI=1S/C17H27ClN2/c1-2-10-20(12-14-6-4-3-5-7-14)13-15-8-9-16(19)11-17(15)18/h8-9,11,14H,2-7,10,12-13,19H2,1H3. The van der Waals surface area contributed by atoms with E-state index in [0.29, 0.717) is 0 Å². The van der Waals surface area contributed by atoms with Gasteiger partial charge in [0.05, 0.1) is 0 Å². The predicted molar refractivity (Wildman–Crippen MR) is 88.0 cm³/mol. The van der Waals surface area contributed by atoms with E-state index in [2.05, 4.69) is 17.9 Å². The van der Waals surface area contributed by atoms with Crippen LogP contribution in [0.5, 0.6) is 0 Å². The number of benzene rings is 1. The van der Waals surface area contributed by atoms with Crippen molar-refractivity contribution in [3.63, 3.8) is 0 Å². The lowest BCUT2D eigenvalue weighted by Gasteiger charge is -2.29. The van der Waals surface area contributed by atoms with Crippen LogP contribution in [0.1, 0.15) is 51.0 Å². The van der Waals surface area contributed by atoms with E-state index in [0.717, 1.165) is 29.7 Å². The lowest BCUT2D eigenvalue weighted by Crippen LogP contribution is -2.31. The highest BCUT2D eigenvalue weighted by atomic mass is 35.5. The average Bonchev–Trinajstić information content (AvgIpc) is 2.43. The quantitative estimate of drug-likeness (QED) is 0.770. The maximum atomic E-state index is 6.31. The van der Waals surface area contributed by atoms with Crippen molar-refractivity contribution in [3.05, 3.63) is 28.8 Å². The highest BCUT2D eigenvalue weighted by Crippen LogP contribution is 2.26. The van der Waals surface area contributed by atoms with Gasteiger partial charge in [0.2, 0.25) is 0 Å². The van der Waals surface area contributed by atoms with Crippen molar-refractivity contribution in [1.82, 2.24) is 4.90 Å². The average molecular weight is 295 g/mol. The van der Waals surface area contributed by atoms with Gasteiger partial charge in [0.25, 0.3) is 0 Å². The molecule has 1 aromatic carbocycles. The van der Waals surface area contributed by atoms with Crippen molar-refractivity contribution in [2.45, 2.75) is 52.0 Å². The molecule has 0 bridgehead atoms. The van der Waals surface area contributed by atoms with Gasteiger partial charge in [0.1, 0.15) is 0 Å². The molecule has 0 radical (unpaired) electrons. The molecule has 0 saturated heterocycles. The van der Waals surface area contributed by atoms with Gasteiger partial charge in [-0.05, 0) is 49.4 Å². The second-order valence-electron chi connectivity index (χ2n) is 6.09. The van der Waals surface area contributed by atoms with Gasteiger partial charge >= 0.3 is 0 Å². The molecule has 20 heavy (non-hydrogen) atoms. The first-order valence-corrected chi connectivity index (χ1v) is 8.33. The van der Waals surface area contributed by atoms with E-state index in [4.69, 9.17) is 17.3 Å². The molecule has 1 aromatic rings. The third-order valence-corrected chi connectivity index (χ3v) is 4.60. The number of hydrogen-bond acceptors (Lipinski definition) is 2. The number of hydrogen-bond donors (Lipinski definition) is 1. The van der Waals surface area contributed by atoms with Crippen molar-refractivity contribution in [2.24, 2.45) is 5.92 Å². The summed E-state index contributed by atoms with van der Waals surface area (Å²) in [6.45, 7) is 5.56. The van der Waals surface area contributed by atoms with E-state index < -0.39 is 0 Å². The first-order valence-electron chi connectivity index (χ1n) is 7.95. The summed E-state index contributed by atoms with van der Waals surface area (Å²) < 4.78 is 0. The van der Waals surface area contributed by atoms with Gasteiger partial charge in [0.15, 0.2) is 0 Å². The molecule has 0 spiro atoms. The number of anilines is 1. The summed E-state index contributed by atoms with van der Waals surface area (Å²) in [4.78, 5) is 2.56. The van der Waals surface area contributed by atoms with E-state index in [1.54, 1.807) is 0 Å². The highest BCUT2D eigenvalue weighted by Gasteiger charge is 2.17. The topological polar surface area (TPSA) is 29.3 Å². The molecule has 0 unspecified atom stereocenters. The minimum Gasteiger partial charge on any atom is -0.399 e. The third-order valence-electron chi connectivity index (χ3n) is 4.25. The van der Waals surface area contributed by atoms with E-state index in [1.165, 1.54) is 50.6 Å². The van der Waals surface area contributed by atoms with Crippen molar-refractivity contribution >= 4 is 17.3 Å². The van der Waals surface area contributed by atoms with Gasteiger partial charge in [-0.2, -0.15) is 0 Å². The van der Waals surface area contributed by atoms with Crippen LogP contribution in [0, 0.1) is 5.92 Å². The normalized spacial score (nSPS) is 16.8. The number of nitrogens with two attached hydrogens (primary N) is 1. The Kier molecular flexibility index (Phi) is 6.18. The fourth-order valence-corrected chi connectivity index (χ4v) is 3.47. The molecule has 0 aliphatic heterocycles. The maximum Gasteiger partial charge on any atom is 0.0471 e.